The molecule has 0 unspecified atom stereocenters. The fourth-order valence-corrected chi connectivity index (χ4v) is 4.56. The van der Waals surface area contributed by atoms with Gasteiger partial charge in [0, 0.05) is 40.7 Å². The molecule has 0 radical (unpaired) electrons. The fourth-order valence-electron chi connectivity index (χ4n) is 4.14. The zero-order valence-electron chi connectivity index (χ0n) is 18.1. The van der Waals surface area contributed by atoms with Crippen molar-refractivity contribution in [1.29, 1.82) is 0 Å². The van der Waals surface area contributed by atoms with Gasteiger partial charge < -0.3 is 15.5 Å². The van der Waals surface area contributed by atoms with E-state index in [0.717, 1.165) is 41.9 Å². The number of benzene rings is 2. The first-order valence-electron chi connectivity index (χ1n) is 10.9. The van der Waals surface area contributed by atoms with Gasteiger partial charge in [-0.3, -0.25) is 14.3 Å². The molecule has 7 nitrogen and oxygen atoms in total. The van der Waals surface area contributed by atoms with Gasteiger partial charge in [-0.05, 0) is 48.7 Å². The van der Waals surface area contributed by atoms with E-state index in [1.807, 2.05) is 13.1 Å². The highest BCUT2D eigenvalue weighted by Gasteiger charge is 2.28. The number of nitrogens with one attached hydrogen (secondary N) is 2. The standard InChI is InChI=1S/C24H23Cl2N5O2/c1-30-22-17(12-28-30)13-31(21-8-7-18(25)10-20(21)29-22)24(33)15-5-6-16(19(26)9-15)11-27-23(32)14-3-2-4-14/h5-10,12,14,29H,2-4,11,13H2,1H3,(H,27,32). The van der Waals surface area contributed by atoms with E-state index in [2.05, 4.69) is 15.7 Å². The zero-order chi connectivity index (χ0) is 23.1. The second-order valence-electron chi connectivity index (χ2n) is 8.47. The van der Waals surface area contributed by atoms with Gasteiger partial charge in [0.1, 0.15) is 5.82 Å². The Balaban J connectivity index is 1.41. The lowest BCUT2D eigenvalue weighted by atomic mass is 9.85. The number of fused-ring (bicyclic) bond motifs is 2. The van der Waals surface area contributed by atoms with Crippen molar-refractivity contribution in [2.75, 3.05) is 10.2 Å². The smallest absolute Gasteiger partial charge is 0.258 e. The van der Waals surface area contributed by atoms with Gasteiger partial charge in [-0.1, -0.05) is 35.7 Å². The summed E-state index contributed by atoms with van der Waals surface area (Å²) in [5.74, 6) is 0.803. The fraction of sp³-hybridized carbons (Fsp3) is 0.292. The van der Waals surface area contributed by atoms with E-state index in [9.17, 15) is 9.59 Å². The first-order valence-corrected chi connectivity index (χ1v) is 11.6. The average molecular weight is 484 g/mol. The van der Waals surface area contributed by atoms with Crippen molar-refractivity contribution in [1.82, 2.24) is 15.1 Å². The molecule has 0 bridgehead atoms. The molecule has 0 atom stereocenters. The summed E-state index contributed by atoms with van der Waals surface area (Å²) in [5.41, 5.74) is 3.57. The molecule has 2 N–H and O–H groups in total. The first-order chi connectivity index (χ1) is 15.9. The molecule has 1 aliphatic heterocycles. The van der Waals surface area contributed by atoms with E-state index in [4.69, 9.17) is 23.2 Å². The molecule has 0 saturated heterocycles. The van der Waals surface area contributed by atoms with Gasteiger partial charge in [0.2, 0.25) is 5.91 Å². The minimum absolute atomic E-state index is 0.0667. The number of hydrogen-bond donors (Lipinski definition) is 2. The van der Waals surface area contributed by atoms with Gasteiger partial charge in [-0.2, -0.15) is 5.10 Å². The highest BCUT2D eigenvalue weighted by molar-refractivity contribution is 6.32. The van der Waals surface area contributed by atoms with E-state index in [1.54, 1.807) is 46.1 Å². The van der Waals surface area contributed by atoms with E-state index in [0.29, 0.717) is 34.4 Å². The number of rotatable bonds is 4. The Bertz CT molecular complexity index is 1250. The minimum Gasteiger partial charge on any atom is -0.352 e. The number of carbonyl (C=O) groups is 2. The normalized spacial score (nSPS) is 15.1. The number of hydrogen-bond acceptors (Lipinski definition) is 4. The molecule has 2 heterocycles. The highest BCUT2D eigenvalue weighted by Crippen LogP contribution is 2.38. The van der Waals surface area contributed by atoms with Crippen molar-refractivity contribution in [2.45, 2.75) is 32.4 Å². The number of halogens is 2. The summed E-state index contributed by atoms with van der Waals surface area (Å²) >= 11 is 12.7. The van der Waals surface area contributed by atoms with Crippen LogP contribution in [0.1, 0.15) is 40.7 Å². The Morgan fingerprint density at radius 1 is 1.18 bits per heavy atom. The van der Waals surface area contributed by atoms with E-state index in [1.165, 1.54) is 0 Å². The molecule has 170 valence electrons. The molecular weight excluding hydrogens is 461 g/mol. The molecule has 3 aromatic rings. The maximum atomic E-state index is 13.6. The van der Waals surface area contributed by atoms with Crippen molar-refractivity contribution in [3.8, 4) is 0 Å². The summed E-state index contributed by atoms with van der Waals surface area (Å²) in [6.45, 7) is 0.692. The molecular formula is C24H23Cl2N5O2. The molecule has 2 aliphatic rings. The van der Waals surface area contributed by atoms with Gasteiger partial charge in [-0.15, -0.1) is 0 Å². The van der Waals surface area contributed by atoms with Gasteiger partial charge in [0.15, 0.2) is 0 Å². The molecule has 2 aromatic carbocycles. The van der Waals surface area contributed by atoms with Crippen LogP contribution in [0.2, 0.25) is 10.0 Å². The van der Waals surface area contributed by atoms with Crippen LogP contribution in [-0.4, -0.2) is 21.6 Å². The predicted octanol–water partition coefficient (Wildman–Crippen LogP) is 5.05. The van der Waals surface area contributed by atoms with E-state index < -0.39 is 0 Å². The second kappa shape index (κ2) is 8.72. The van der Waals surface area contributed by atoms with Crippen molar-refractivity contribution in [2.24, 2.45) is 13.0 Å². The number of amides is 2. The number of aromatic nitrogens is 2. The number of aryl methyl sites for hydroxylation is 1. The quantitative estimate of drug-likeness (QED) is 0.544. The Morgan fingerprint density at radius 2 is 2.00 bits per heavy atom. The van der Waals surface area contributed by atoms with Crippen LogP contribution >= 0.6 is 23.2 Å². The van der Waals surface area contributed by atoms with Gasteiger partial charge in [-0.25, -0.2) is 0 Å². The van der Waals surface area contributed by atoms with Gasteiger partial charge in [0.25, 0.3) is 5.91 Å². The van der Waals surface area contributed by atoms with Crippen LogP contribution in [0.25, 0.3) is 0 Å². The summed E-state index contributed by atoms with van der Waals surface area (Å²) < 4.78 is 1.73. The molecule has 5 rings (SSSR count). The lowest BCUT2D eigenvalue weighted by Gasteiger charge is -2.24. The van der Waals surface area contributed by atoms with Crippen molar-refractivity contribution in [3.05, 3.63) is 69.3 Å². The largest absolute Gasteiger partial charge is 0.352 e. The number of carbonyl (C=O) groups excluding carboxylic acids is 2. The Kier molecular flexibility index (Phi) is 5.76. The van der Waals surface area contributed by atoms with Crippen LogP contribution in [0, 0.1) is 5.92 Å². The third kappa shape index (κ3) is 4.18. The molecule has 1 fully saturated rings. The maximum Gasteiger partial charge on any atom is 0.258 e. The van der Waals surface area contributed by atoms with Crippen LogP contribution < -0.4 is 15.5 Å². The summed E-state index contributed by atoms with van der Waals surface area (Å²) in [4.78, 5) is 27.4. The molecule has 1 aromatic heterocycles. The van der Waals surface area contributed by atoms with Crippen LogP contribution in [0.15, 0.2) is 42.6 Å². The zero-order valence-corrected chi connectivity index (χ0v) is 19.6. The first kappa shape index (κ1) is 21.8. The third-order valence-corrected chi connectivity index (χ3v) is 6.91. The lowest BCUT2D eigenvalue weighted by molar-refractivity contribution is -0.127. The Labute approximate surface area is 201 Å². The Morgan fingerprint density at radius 3 is 2.73 bits per heavy atom. The van der Waals surface area contributed by atoms with Crippen molar-refractivity contribution >= 4 is 52.2 Å². The molecule has 2 amide bonds. The summed E-state index contributed by atoms with van der Waals surface area (Å²) in [6.07, 6.45) is 4.75. The summed E-state index contributed by atoms with van der Waals surface area (Å²) in [5, 5.41) is 11.6. The van der Waals surface area contributed by atoms with Crippen LogP contribution in [-0.2, 0) is 24.9 Å². The Hall–Kier alpha value is -3.03. The van der Waals surface area contributed by atoms with Gasteiger partial charge in [0.05, 0.1) is 24.1 Å². The average Bonchev–Trinajstić information content (AvgIpc) is 3.00. The van der Waals surface area contributed by atoms with E-state index in [-0.39, 0.29) is 17.7 Å². The molecule has 1 saturated carbocycles. The lowest BCUT2D eigenvalue weighted by Crippen LogP contribution is -2.34. The molecule has 1 aliphatic carbocycles. The third-order valence-electron chi connectivity index (χ3n) is 6.32. The van der Waals surface area contributed by atoms with Crippen molar-refractivity contribution in [3.63, 3.8) is 0 Å². The van der Waals surface area contributed by atoms with E-state index >= 15 is 0 Å². The monoisotopic (exact) mass is 483 g/mol. The van der Waals surface area contributed by atoms with Crippen LogP contribution in [0.3, 0.4) is 0 Å². The van der Waals surface area contributed by atoms with Crippen LogP contribution in [0.4, 0.5) is 17.2 Å². The van der Waals surface area contributed by atoms with Crippen molar-refractivity contribution < 1.29 is 9.59 Å². The maximum absolute atomic E-state index is 13.6. The second-order valence-corrected chi connectivity index (χ2v) is 9.32. The molecule has 0 spiro atoms. The highest BCUT2D eigenvalue weighted by atomic mass is 35.5. The number of anilines is 3. The predicted molar refractivity (Wildman–Crippen MR) is 129 cm³/mol. The SMILES string of the molecule is Cn1ncc2c1Nc1cc(Cl)ccc1N(C(=O)c1ccc(CNC(=O)C3CCC3)c(Cl)c1)C2. The van der Waals surface area contributed by atoms with Gasteiger partial charge >= 0.3 is 0 Å². The number of nitrogens with zero attached hydrogens (tertiary/aromatic N) is 3. The molecule has 33 heavy (non-hydrogen) atoms. The topological polar surface area (TPSA) is 79.3 Å². The summed E-state index contributed by atoms with van der Waals surface area (Å²) in [7, 11) is 1.84. The molecule has 9 heteroatoms. The van der Waals surface area contributed by atoms with Crippen LogP contribution in [0.5, 0.6) is 0 Å². The minimum atomic E-state index is -0.191. The summed E-state index contributed by atoms with van der Waals surface area (Å²) in [6, 6.07) is 10.6.